The normalized spacial score (nSPS) is 19.4. The number of pyridine rings is 1. The van der Waals surface area contributed by atoms with E-state index in [2.05, 4.69) is 26.3 Å². The molecule has 4 aromatic rings. The minimum Gasteiger partial charge on any atom is -0.478 e. The zero-order chi connectivity index (χ0) is 20.7. The lowest BCUT2D eigenvalue weighted by Gasteiger charge is -2.27. The molecule has 1 aromatic carbocycles. The van der Waals surface area contributed by atoms with Crippen molar-refractivity contribution in [3.8, 4) is 0 Å². The van der Waals surface area contributed by atoms with Gasteiger partial charge in [-0.1, -0.05) is 30.2 Å². The number of carboxylic acid groups (broad SMARTS) is 1. The van der Waals surface area contributed by atoms with Crippen LogP contribution in [0, 0.1) is 0 Å². The number of imidazole rings is 1. The number of carbonyl (C=O) groups is 1. The average Bonchev–Trinajstić information content (AvgIpc) is 3.32. The molecule has 8 nitrogen and oxygen atoms in total. The monoisotopic (exact) mass is 423 g/mol. The summed E-state index contributed by atoms with van der Waals surface area (Å²) in [6.07, 6.45) is 6.73. The Bertz CT molecular complexity index is 1230. The number of hydrogen-bond acceptors (Lipinski definition) is 7. The highest BCUT2D eigenvalue weighted by Crippen LogP contribution is 2.30. The third-order valence-corrected chi connectivity index (χ3v) is 6.50. The molecule has 0 saturated heterocycles. The molecule has 154 valence electrons. The summed E-state index contributed by atoms with van der Waals surface area (Å²) in [7, 11) is 0. The van der Waals surface area contributed by atoms with Crippen molar-refractivity contribution < 1.29 is 15.0 Å². The molecule has 1 aliphatic carbocycles. The zero-order valence-electron chi connectivity index (χ0n) is 16.2. The van der Waals surface area contributed by atoms with Gasteiger partial charge in [-0.15, -0.1) is 0 Å². The third-order valence-electron chi connectivity index (χ3n) is 5.55. The van der Waals surface area contributed by atoms with Crippen LogP contribution in [0.5, 0.6) is 0 Å². The Morgan fingerprint density at radius 3 is 2.90 bits per heavy atom. The topological polar surface area (TPSA) is 113 Å². The lowest BCUT2D eigenvalue weighted by atomic mass is 9.93. The fourth-order valence-electron chi connectivity index (χ4n) is 3.95. The number of thiazole rings is 1. The fourth-order valence-corrected chi connectivity index (χ4v) is 4.94. The quantitative estimate of drug-likeness (QED) is 0.450. The molecule has 3 heterocycles. The van der Waals surface area contributed by atoms with Crippen LogP contribution in [0.2, 0.25) is 0 Å². The number of aliphatic hydroxyl groups is 1. The number of carboxylic acids is 1. The zero-order valence-corrected chi connectivity index (χ0v) is 17.0. The van der Waals surface area contributed by atoms with Gasteiger partial charge < -0.3 is 20.1 Å². The second kappa shape index (κ2) is 7.66. The fraction of sp³-hybridized carbons (Fsp3) is 0.333. The second-order valence-electron chi connectivity index (χ2n) is 7.67. The number of nitrogens with zero attached hydrogens (tertiary/aromatic N) is 4. The minimum atomic E-state index is -1.01. The van der Waals surface area contributed by atoms with Crippen molar-refractivity contribution in [1.29, 1.82) is 0 Å². The molecule has 30 heavy (non-hydrogen) atoms. The Morgan fingerprint density at radius 2 is 2.07 bits per heavy atom. The van der Waals surface area contributed by atoms with E-state index in [1.807, 2.05) is 16.7 Å². The van der Waals surface area contributed by atoms with Crippen LogP contribution in [0.25, 0.3) is 21.4 Å². The molecular formula is C21H21N5O3S. The average molecular weight is 423 g/mol. The predicted molar refractivity (Wildman–Crippen MR) is 115 cm³/mol. The van der Waals surface area contributed by atoms with Crippen molar-refractivity contribution in [2.24, 2.45) is 0 Å². The van der Waals surface area contributed by atoms with E-state index in [0.717, 1.165) is 46.6 Å². The molecular weight excluding hydrogens is 402 g/mol. The largest absolute Gasteiger partial charge is 0.478 e. The maximum atomic E-state index is 11.1. The maximum absolute atomic E-state index is 11.1. The molecule has 2 unspecified atom stereocenters. The third kappa shape index (κ3) is 3.61. The molecule has 0 spiro atoms. The molecule has 3 N–H and O–H groups in total. The first-order chi connectivity index (χ1) is 14.6. The van der Waals surface area contributed by atoms with Gasteiger partial charge in [0.1, 0.15) is 5.52 Å². The lowest BCUT2D eigenvalue weighted by molar-refractivity contribution is 0.0696. The predicted octanol–water partition coefficient (Wildman–Crippen LogP) is 3.50. The Kier molecular flexibility index (Phi) is 4.84. The SMILES string of the molecule is O=C(O)c1cnc2c(c1)ncn2Cc1ccc2nc(NC3CCCCC3O)sc2c1. The number of benzene rings is 1. The van der Waals surface area contributed by atoms with E-state index in [1.165, 1.54) is 12.3 Å². The van der Waals surface area contributed by atoms with Gasteiger partial charge in [-0.3, -0.25) is 0 Å². The van der Waals surface area contributed by atoms with Crippen molar-refractivity contribution in [1.82, 2.24) is 19.5 Å². The molecule has 5 rings (SSSR count). The van der Waals surface area contributed by atoms with Gasteiger partial charge in [-0.2, -0.15) is 0 Å². The summed E-state index contributed by atoms with van der Waals surface area (Å²) in [5, 5.41) is 23.5. The number of fused-ring (bicyclic) bond motifs is 2. The molecule has 1 aliphatic rings. The van der Waals surface area contributed by atoms with Crippen LogP contribution in [0.3, 0.4) is 0 Å². The molecule has 3 aromatic heterocycles. The summed E-state index contributed by atoms with van der Waals surface area (Å²) >= 11 is 1.59. The number of aromatic carboxylic acids is 1. The summed E-state index contributed by atoms with van der Waals surface area (Å²) in [6.45, 7) is 0.577. The van der Waals surface area contributed by atoms with E-state index in [-0.39, 0.29) is 17.7 Å². The highest BCUT2D eigenvalue weighted by atomic mass is 32.1. The number of rotatable bonds is 5. The smallest absolute Gasteiger partial charge is 0.337 e. The van der Waals surface area contributed by atoms with Gasteiger partial charge in [-0.25, -0.2) is 19.7 Å². The van der Waals surface area contributed by atoms with Crippen LogP contribution in [0.4, 0.5) is 5.13 Å². The van der Waals surface area contributed by atoms with Gasteiger partial charge in [0.25, 0.3) is 0 Å². The summed E-state index contributed by atoms with van der Waals surface area (Å²) in [6, 6.07) is 7.73. The van der Waals surface area contributed by atoms with Crippen LogP contribution in [0.1, 0.15) is 41.6 Å². The summed E-state index contributed by atoms with van der Waals surface area (Å²) in [5.74, 6) is -1.01. The minimum absolute atomic E-state index is 0.0675. The Morgan fingerprint density at radius 1 is 1.20 bits per heavy atom. The number of anilines is 1. The van der Waals surface area contributed by atoms with E-state index in [9.17, 15) is 9.90 Å². The number of hydrogen-bond donors (Lipinski definition) is 3. The summed E-state index contributed by atoms with van der Waals surface area (Å²) in [4.78, 5) is 24.3. The van der Waals surface area contributed by atoms with Gasteiger partial charge in [0, 0.05) is 6.20 Å². The maximum Gasteiger partial charge on any atom is 0.337 e. The highest BCUT2D eigenvalue weighted by molar-refractivity contribution is 7.22. The number of nitrogens with one attached hydrogen (secondary N) is 1. The van der Waals surface area contributed by atoms with E-state index in [4.69, 9.17) is 5.11 Å². The van der Waals surface area contributed by atoms with Gasteiger partial charge in [0.05, 0.1) is 40.8 Å². The molecule has 0 aliphatic heterocycles. The summed E-state index contributed by atoms with van der Waals surface area (Å²) < 4.78 is 2.98. The molecule has 0 amide bonds. The molecule has 1 fully saturated rings. The Balaban J connectivity index is 1.37. The van der Waals surface area contributed by atoms with Crippen molar-refractivity contribution in [2.75, 3.05) is 5.32 Å². The molecule has 9 heteroatoms. The van der Waals surface area contributed by atoms with E-state index >= 15 is 0 Å². The Hall–Kier alpha value is -3.04. The van der Waals surface area contributed by atoms with Gasteiger partial charge in [0.15, 0.2) is 10.8 Å². The van der Waals surface area contributed by atoms with Crippen LogP contribution in [-0.4, -0.2) is 47.8 Å². The van der Waals surface area contributed by atoms with Crippen LogP contribution in [-0.2, 0) is 6.54 Å². The summed E-state index contributed by atoms with van der Waals surface area (Å²) in [5.41, 5.74) is 3.35. The van der Waals surface area contributed by atoms with Gasteiger partial charge >= 0.3 is 5.97 Å². The first-order valence-corrected chi connectivity index (χ1v) is 10.8. The second-order valence-corrected chi connectivity index (χ2v) is 8.70. The number of aromatic nitrogens is 4. The Labute approximate surface area is 176 Å². The first kappa shape index (κ1) is 19.0. The van der Waals surface area contributed by atoms with Crippen molar-refractivity contribution in [3.63, 3.8) is 0 Å². The molecule has 0 bridgehead atoms. The molecule has 0 radical (unpaired) electrons. The van der Waals surface area contributed by atoms with Crippen LogP contribution in [0.15, 0.2) is 36.8 Å². The van der Waals surface area contributed by atoms with E-state index in [0.29, 0.717) is 17.7 Å². The van der Waals surface area contributed by atoms with Crippen molar-refractivity contribution in [3.05, 3.63) is 47.9 Å². The van der Waals surface area contributed by atoms with Gasteiger partial charge in [-0.05, 0) is 36.6 Å². The van der Waals surface area contributed by atoms with E-state index in [1.54, 1.807) is 17.7 Å². The van der Waals surface area contributed by atoms with Gasteiger partial charge in [0.2, 0.25) is 0 Å². The lowest BCUT2D eigenvalue weighted by Crippen LogP contribution is -2.36. The van der Waals surface area contributed by atoms with Crippen molar-refractivity contribution >= 4 is 43.8 Å². The first-order valence-electron chi connectivity index (χ1n) is 9.95. The van der Waals surface area contributed by atoms with Crippen molar-refractivity contribution in [2.45, 2.75) is 44.4 Å². The molecule has 1 saturated carbocycles. The number of aliphatic hydroxyl groups excluding tert-OH is 1. The van der Waals surface area contributed by atoms with Crippen LogP contribution < -0.4 is 5.32 Å². The standard InChI is InChI=1S/C21H21N5O3S/c27-17-4-2-1-3-14(17)24-21-25-15-6-5-12(7-18(15)30-21)10-26-11-23-16-8-13(20(28)29)9-22-19(16)26/h5-9,11,14,17,27H,1-4,10H2,(H,24,25)(H,28,29). The highest BCUT2D eigenvalue weighted by Gasteiger charge is 2.23. The van der Waals surface area contributed by atoms with Crippen LogP contribution >= 0.6 is 11.3 Å². The molecule has 2 atom stereocenters. The van der Waals surface area contributed by atoms with E-state index < -0.39 is 5.97 Å².